The Kier molecular flexibility index (Phi) is 2.07. The highest BCUT2D eigenvalue weighted by Crippen LogP contribution is 2.34. The quantitative estimate of drug-likeness (QED) is 0.720. The molecule has 2 heteroatoms. The molecule has 1 aliphatic carbocycles. The van der Waals surface area contributed by atoms with E-state index in [1.807, 2.05) is 6.07 Å². The first kappa shape index (κ1) is 9.28. The smallest absolute Gasteiger partial charge is 0.0926 e. The van der Waals surface area contributed by atoms with Crippen LogP contribution in [0, 0.1) is 0 Å². The van der Waals surface area contributed by atoms with E-state index in [1.165, 1.54) is 16.7 Å². The number of nitrogens with zero attached hydrogens (tertiary/aromatic N) is 2. The molecule has 0 N–H and O–H groups in total. The number of hydrogen-bond donors (Lipinski definition) is 0. The van der Waals surface area contributed by atoms with E-state index in [4.69, 9.17) is 0 Å². The van der Waals surface area contributed by atoms with Crippen LogP contribution in [0.1, 0.15) is 23.9 Å². The van der Waals surface area contributed by atoms with Crippen LogP contribution in [0.4, 0.5) is 0 Å². The summed E-state index contributed by atoms with van der Waals surface area (Å²) in [4.78, 5) is 8.83. The van der Waals surface area contributed by atoms with Crippen LogP contribution >= 0.6 is 0 Å². The van der Waals surface area contributed by atoms with Crippen molar-refractivity contribution < 1.29 is 0 Å². The first-order valence-corrected chi connectivity index (χ1v) is 5.41. The summed E-state index contributed by atoms with van der Waals surface area (Å²) in [7, 11) is 0. The maximum Gasteiger partial charge on any atom is 0.0926 e. The number of aromatic nitrogens is 2. The molecule has 0 radical (unpaired) electrons. The SMILES string of the molecule is CC1=C(c2ccccc2)c2nccnc2C1. The van der Waals surface area contributed by atoms with Crippen LogP contribution in [0.15, 0.2) is 48.3 Å². The molecule has 0 amide bonds. The fourth-order valence-electron chi connectivity index (χ4n) is 2.23. The van der Waals surface area contributed by atoms with Crippen LogP contribution in [0.3, 0.4) is 0 Å². The topological polar surface area (TPSA) is 25.8 Å². The van der Waals surface area contributed by atoms with Crippen molar-refractivity contribution in [2.45, 2.75) is 13.3 Å². The van der Waals surface area contributed by atoms with Crippen LogP contribution in [0.5, 0.6) is 0 Å². The second-order valence-electron chi connectivity index (χ2n) is 4.05. The van der Waals surface area contributed by atoms with Crippen LogP contribution in [0.2, 0.25) is 0 Å². The zero-order chi connectivity index (χ0) is 11.0. The van der Waals surface area contributed by atoms with Gasteiger partial charge in [0, 0.05) is 24.4 Å². The highest BCUT2D eigenvalue weighted by molar-refractivity contribution is 5.84. The largest absolute Gasteiger partial charge is 0.257 e. The lowest BCUT2D eigenvalue weighted by molar-refractivity contribution is 1.04. The second kappa shape index (κ2) is 3.56. The van der Waals surface area contributed by atoms with Crippen molar-refractivity contribution in [2.75, 3.05) is 0 Å². The predicted octanol–water partition coefficient (Wildman–Crippen LogP) is 2.85. The molecule has 2 aromatic rings. The maximum absolute atomic E-state index is 4.45. The third-order valence-electron chi connectivity index (χ3n) is 2.93. The van der Waals surface area contributed by atoms with Crippen LogP contribution in [-0.2, 0) is 6.42 Å². The minimum absolute atomic E-state index is 0.924. The number of benzene rings is 1. The van der Waals surface area contributed by atoms with Crippen LogP contribution in [0.25, 0.3) is 5.57 Å². The monoisotopic (exact) mass is 208 g/mol. The van der Waals surface area contributed by atoms with E-state index >= 15 is 0 Å². The van der Waals surface area contributed by atoms with Gasteiger partial charge in [0.2, 0.25) is 0 Å². The molecule has 0 saturated heterocycles. The maximum atomic E-state index is 4.45. The molecule has 1 aromatic heterocycles. The number of fused-ring (bicyclic) bond motifs is 1. The Morgan fingerprint density at radius 2 is 1.75 bits per heavy atom. The summed E-state index contributed by atoms with van der Waals surface area (Å²) in [5.74, 6) is 0. The summed E-state index contributed by atoms with van der Waals surface area (Å²) in [6, 6.07) is 10.4. The fourth-order valence-corrected chi connectivity index (χ4v) is 2.23. The number of allylic oxidation sites excluding steroid dienone is 1. The highest BCUT2D eigenvalue weighted by atomic mass is 14.8. The minimum Gasteiger partial charge on any atom is -0.257 e. The predicted molar refractivity (Wildman–Crippen MR) is 63.9 cm³/mol. The van der Waals surface area contributed by atoms with Gasteiger partial charge in [0.1, 0.15) is 0 Å². The van der Waals surface area contributed by atoms with E-state index in [0.717, 1.165) is 17.8 Å². The first-order valence-electron chi connectivity index (χ1n) is 5.41. The highest BCUT2D eigenvalue weighted by Gasteiger charge is 2.21. The molecule has 1 aromatic carbocycles. The van der Waals surface area contributed by atoms with Gasteiger partial charge in [-0.25, -0.2) is 0 Å². The van der Waals surface area contributed by atoms with Gasteiger partial charge < -0.3 is 0 Å². The third kappa shape index (κ3) is 1.34. The Hall–Kier alpha value is -1.96. The molecule has 1 aliphatic rings. The van der Waals surface area contributed by atoms with Gasteiger partial charge in [0.05, 0.1) is 11.4 Å². The number of hydrogen-bond acceptors (Lipinski definition) is 2. The van der Waals surface area contributed by atoms with E-state index < -0.39 is 0 Å². The van der Waals surface area contributed by atoms with Gasteiger partial charge in [-0.3, -0.25) is 9.97 Å². The van der Waals surface area contributed by atoms with Gasteiger partial charge in [-0.05, 0) is 12.5 Å². The van der Waals surface area contributed by atoms with Crippen molar-refractivity contribution in [3.63, 3.8) is 0 Å². The van der Waals surface area contributed by atoms with Crippen molar-refractivity contribution in [1.82, 2.24) is 9.97 Å². The van der Waals surface area contributed by atoms with Crippen molar-refractivity contribution >= 4 is 5.57 Å². The Labute approximate surface area is 94.7 Å². The summed E-state index contributed by atoms with van der Waals surface area (Å²) in [6.07, 6.45) is 4.45. The minimum atomic E-state index is 0.924. The zero-order valence-corrected chi connectivity index (χ0v) is 9.14. The van der Waals surface area contributed by atoms with Crippen molar-refractivity contribution in [3.8, 4) is 0 Å². The van der Waals surface area contributed by atoms with Gasteiger partial charge in [0.15, 0.2) is 0 Å². The van der Waals surface area contributed by atoms with E-state index in [0.29, 0.717) is 0 Å². The number of rotatable bonds is 1. The van der Waals surface area contributed by atoms with E-state index in [1.54, 1.807) is 12.4 Å². The molecule has 16 heavy (non-hydrogen) atoms. The summed E-state index contributed by atoms with van der Waals surface area (Å²) >= 11 is 0. The van der Waals surface area contributed by atoms with Crippen molar-refractivity contribution in [2.24, 2.45) is 0 Å². The summed E-state index contributed by atoms with van der Waals surface area (Å²) in [6.45, 7) is 2.16. The van der Waals surface area contributed by atoms with E-state index in [-0.39, 0.29) is 0 Å². The Bertz CT molecular complexity index is 556. The zero-order valence-electron chi connectivity index (χ0n) is 9.14. The second-order valence-corrected chi connectivity index (χ2v) is 4.05. The lowest BCUT2D eigenvalue weighted by atomic mass is 10.0. The lowest BCUT2D eigenvalue weighted by Crippen LogP contribution is -1.93. The Morgan fingerprint density at radius 1 is 1.00 bits per heavy atom. The molecule has 1 heterocycles. The molecule has 0 bridgehead atoms. The van der Waals surface area contributed by atoms with Gasteiger partial charge in [-0.2, -0.15) is 0 Å². The average molecular weight is 208 g/mol. The molecule has 0 saturated carbocycles. The van der Waals surface area contributed by atoms with Gasteiger partial charge in [0.25, 0.3) is 0 Å². The standard InChI is InChI=1S/C14H12N2/c1-10-9-12-14(16-8-7-15-12)13(10)11-5-3-2-4-6-11/h2-8H,9H2,1H3. The molecule has 0 aliphatic heterocycles. The normalized spacial score (nSPS) is 14.1. The van der Waals surface area contributed by atoms with E-state index in [2.05, 4.69) is 41.2 Å². The van der Waals surface area contributed by atoms with Gasteiger partial charge >= 0.3 is 0 Å². The molecule has 78 valence electrons. The first-order chi connectivity index (χ1) is 7.86. The Balaban J connectivity index is 2.19. The van der Waals surface area contributed by atoms with Gasteiger partial charge in [-0.15, -0.1) is 0 Å². The third-order valence-corrected chi connectivity index (χ3v) is 2.93. The van der Waals surface area contributed by atoms with Crippen molar-refractivity contribution in [3.05, 3.63) is 65.2 Å². The molecule has 0 fully saturated rings. The van der Waals surface area contributed by atoms with Gasteiger partial charge in [-0.1, -0.05) is 35.9 Å². The van der Waals surface area contributed by atoms with Crippen molar-refractivity contribution in [1.29, 1.82) is 0 Å². The molecule has 2 nitrogen and oxygen atoms in total. The fraction of sp³-hybridized carbons (Fsp3) is 0.143. The summed E-state index contributed by atoms with van der Waals surface area (Å²) < 4.78 is 0. The lowest BCUT2D eigenvalue weighted by Gasteiger charge is -2.04. The van der Waals surface area contributed by atoms with Crippen LogP contribution < -0.4 is 0 Å². The molecular weight excluding hydrogens is 196 g/mol. The van der Waals surface area contributed by atoms with E-state index in [9.17, 15) is 0 Å². The Morgan fingerprint density at radius 3 is 2.56 bits per heavy atom. The molecular formula is C14H12N2. The molecule has 0 spiro atoms. The molecule has 3 rings (SSSR count). The molecule has 0 atom stereocenters. The average Bonchev–Trinajstić information content (AvgIpc) is 2.66. The summed E-state index contributed by atoms with van der Waals surface area (Å²) in [5, 5.41) is 0. The molecule has 0 unspecified atom stereocenters. The summed E-state index contributed by atoms with van der Waals surface area (Å²) in [5.41, 5.74) is 5.99. The van der Waals surface area contributed by atoms with Crippen LogP contribution in [-0.4, -0.2) is 9.97 Å².